The van der Waals surface area contributed by atoms with Crippen molar-refractivity contribution in [2.24, 2.45) is 0 Å². The van der Waals surface area contributed by atoms with Gasteiger partial charge in [0.25, 0.3) is 0 Å². The van der Waals surface area contributed by atoms with Gasteiger partial charge in [0.15, 0.2) is 0 Å². The van der Waals surface area contributed by atoms with Crippen LogP contribution in [0.4, 0.5) is 5.69 Å². The van der Waals surface area contributed by atoms with E-state index < -0.39 is 0 Å². The summed E-state index contributed by atoms with van der Waals surface area (Å²) in [6.07, 6.45) is 5.16. The maximum atomic E-state index is 6.22. The lowest BCUT2D eigenvalue weighted by Crippen LogP contribution is -2.38. The number of anilines is 1. The normalized spacial score (nSPS) is 24.2. The monoisotopic (exact) mass is 246 g/mol. The molecule has 1 atom stereocenters. The summed E-state index contributed by atoms with van der Waals surface area (Å²) in [6.45, 7) is 3.31. The maximum Gasteiger partial charge on any atom is 0.143 e. The van der Waals surface area contributed by atoms with Crippen molar-refractivity contribution in [3.05, 3.63) is 23.8 Å². The fourth-order valence-electron chi connectivity index (χ4n) is 2.97. The molecule has 2 aliphatic heterocycles. The summed E-state index contributed by atoms with van der Waals surface area (Å²) >= 11 is 0. The average molecular weight is 246 g/mol. The summed E-state index contributed by atoms with van der Waals surface area (Å²) in [5.74, 6) is 1.05. The molecule has 1 aromatic carbocycles. The highest BCUT2D eigenvalue weighted by molar-refractivity contribution is 5.63. The second-order valence-corrected chi connectivity index (χ2v) is 5.46. The lowest BCUT2D eigenvalue weighted by molar-refractivity contribution is 0.105. The zero-order valence-electron chi connectivity index (χ0n) is 11.1. The average Bonchev–Trinajstić information content (AvgIpc) is 2.39. The second kappa shape index (κ2) is 5.19. The third kappa shape index (κ3) is 2.46. The molecular weight excluding hydrogens is 224 g/mol. The third-order valence-corrected chi connectivity index (χ3v) is 3.91. The summed E-state index contributed by atoms with van der Waals surface area (Å²) in [4.78, 5) is 2.36. The molecular formula is C15H22N2O. The maximum absolute atomic E-state index is 6.22. The van der Waals surface area contributed by atoms with Gasteiger partial charge in [-0.25, -0.2) is 0 Å². The van der Waals surface area contributed by atoms with Crippen molar-refractivity contribution in [3.8, 4) is 5.75 Å². The van der Waals surface area contributed by atoms with Crippen molar-refractivity contribution in [2.45, 2.75) is 31.8 Å². The Morgan fingerprint density at radius 3 is 3.17 bits per heavy atom. The molecule has 1 fully saturated rings. The van der Waals surface area contributed by atoms with Crippen LogP contribution in [-0.2, 0) is 6.42 Å². The first kappa shape index (κ1) is 11.8. The van der Waals surface area contributed by atoms with Crippen LogP contribution in [0.5, 0.6) is 5.75 Å². The minimum atomic E-state index is 0.346. The molecule has 1 N–H and O–H groups in total. The standard InChI is InChI=1S/C15H22N2O/c1-17-10-4-7-13(11-17)18-14-8-2-5-12-6-3-9-16-15(12)14/h2,5,8,13,16H,3-4,6-7,9-11H2,1H3. The number of fused-ring (bicyclic) bond motifs is 1. The Balaban J connectivity index is 1.76. The van der Waals surface area contributed by atoms with E-state index in [0.29, 0.717) is 6.10 Å². The Bertz CT molecular complexity index is 419. The van der Waals surface area contributed by atoms with Gasteiger partial charge < -0.3 is 15.0 Å². The van der Waals surface area contributed by atoms with Crippen LogP contribution in [0.15, 0.2) is 18.2 Å². The molecule has 3 rings (SSSR count). The lowest BCUT2D eigenvalue weighted by atomic mass is 10.0. The summed E-state index contributed by atoms with van der Waals surface area (Å²) in [5, 5.41) is 3.49. The summed E-state index contributed by atoms with van der Waals surface area (Å²) in [7, 11) is 2.17. The van der Waals surface area contributed by atoms with Gasteiger partial charge in [0, 0.05) is 13.1 Å². The van der Waals surface area contributed by atoms with Crippen molar-refractivity contribution in [3.63, 3.8) is 0 Å². The number of hydrogen-bond acceptors (Lipinski definition) is 3. The SMILES string of the molecule is CN1CCCC(Oc2cccc3c2NCCC3)C1. The molecule has 0 bridgehead atoms. The van der Waals surface area contributed by atoms with Gasteiger partial charge in [-0.3, -0.25) is 0 Å². The summed E-state index contributed by atoms with van der Waals surface area (Å²) in [5.41, 5.74) is 2.64. The van der Waals surface area contributed by atoms with Crippen LogP contribution < -0.4 is 10.1 Å². The number of piperidine rings is 1. The van der Waals surface area contributed by atoms with Gasteiger partial charge >= 0.3 is 0 Å². The van der Waals surface area contributed by atoms with Gasteiger partial charge in [-0.1, -0.05) is 12.1 Å². The van der Waals surface area contributed by atoms with Crippen molar-refractivity contribution < 1.29 is 4.74 Å². The number of likely N-dealkylation sites (tertiary alicyclic amines) is 1. The molecule has 1 saturated heterocycles. The Kier molecular flexibility index (Phi) is 3.41. The highest BCUT2D eigenvalue weighted by Gasteiger charge is 2.21. The third-order valence-electron chi connectivity index (χ3n) is 3.91. The molecule has 2 heterocycles. The molecule has 3 nitrogen and oxygen atoms in total. The van der Waals surface area contributed by atoms with Crippen molar-refractivity contribution >= 4 is 5.69 Å². The van der Waals surface area contributed by atoms with Crippen LogP contribution in [0.2, 0.25) is 0 Å². The second-order valence-electron chi connectivity index (χ2n) is 5.46. The Morgan fingerprint density at radius 1 is 1.33 bits per heavy atom. The van der Waals surface area contributed by atoms with E-state index >= 15 is 0 Å². The molecule has 0 radical (unpaired) electrons. The molecule has 1 aromatic rings. The van der Waals surface area contributed by atoms with Gasteiger partial charge in [0.1, 0.15) is 11.9 Å². The van der Waals surface area contributed by atoms with Crippen molar-refractivity contribution in [2.75, 3.05) is 32.0 Å². The smallest absolute Gasteiger partial charge is 0.143 e. The Morgan fingerprint density at radius 2 is 2.28 bits per heavy atom. The van der Waals surface area contributed by atoms with E-state index in [-0.39, 0.29) is 0 Å². The van der Waals surface area contributed by atoms with Crippen LogP contribution in [0, 0.1) is 0 Å². The number of benzene rings is 1. The van der Waals surface area contributed by atoms with Gasteiger partial charge in [-0.05, 0) is 50.9 Å². The molecule has 98 valence electrons. The van der Waals surface area contributed by atoms with E-state index in [1.54, 1.807) is 0 Å². The minimum Gasteiger partial charge on any atom is -0.487 e. The number of nitrogens with one attached hydrogen (secondary N) is 1. The zero-order valence-corrected chi connectivity index (χ0v) is 11.1. The van der Waals surface area contributed by atoms with Crippen molar-refractivity contribution in [1.29, 1.82) is 0 Å². The molecule has 18 heavy (non-hydrogen) atoms. The number of likely N-dealkylation sites (N-methyl/N-ethyl adjacent to an activating group) is 1. The lowest BCUT2D eigenvalue weighted by Gasteiger charge is -2.31. The quantitative estimate of drug-likeness (QED) is 0.868. The largest absolute Gasteiger partial charge is 0.487 e. The summed E-state index contributed by atoms with van der Waals surface area (Å²) < 4.78 is 6.22. The highest BCUT2D eigenvalue weighted by atomic mass is 16.5. The van der Waals surface area contributed by atoms with Crippen LogP contribution >= 0.6 is 0 Å². The summed E-state index contributed by atoms with van der Waals surface area (Å²) in [6, 6.07) is 6.43. The van der Waals surface area contributed by atoms with E-state index in [1.165, 1.54) is 43.5 Å². The Hall–Kier alpha value is -1.22. The zero-order chi connectivity index (χ0) is 12.4. The topological polar surface area (TPSA) is 24.5 Å². The highest BCUT2D eigenvalue weighted by Crippen LogP contribution is 2.33. The molecule has 1 unspecified atom stereocenters. The predicted molar refractivity (Wildman–Crippen MR) is 74.4 cm³/mol. The predicted octanol–water partition coefficient (Wildman–Crippen LogP) is 2.52. The van der Waals surface area contributed by atoms with E-state index in [9.17, 15) is 0 Å². The molecule has 0 spiro atoms. The minimum absolute atomic E-state index is 0.346. The molecule has 3 heteroatoms. The fourth-order valence-corrected chi connectivity index (χ4v) is 2.97. The van der Waals surface area contributed by atoms with Crippen LogP contribution in [0.1, 0.15) is 24.8 Å². The van der Waals surface area contributed by atoms with E-state index in [0.717, 1.165) is 18.8 Å². The Labute approximate surface area is 109 Å². The fraction of sp³-hybridized carbons (Fsp3) is 0.600. The van der Waals surface area contributed by atoms with Crippen LogP contribution in [0.3, 0.4) is 0 Å². The van der Waals surface area contributed by atoms with Gasteiger partial charge in [0.05, 0.1) is 5.69 Å². The van der Waals surface area contributed by atoms with E-state index in [4.69, 9.17) is 4.74 Å². The van der Waals surface area contributed by atoms with E-state index in [1.807, 2.05) is 0 Å². The number of aryl methyl sites for hydroxylation is 1. The first-order valence-corrected chi connectivity index (χ1v) is 7.04. The molecule has 2 aliphatic rings. The first-order chi connectivity index (χ1) is 8.83. The number of ether oxygens (including phenoxy) is 1. The molecule has 0 aromatic heterocycles. The van der Waals surface area contributed by atoms with Crippen LogP contribution in [-0.4, -0.2) is 37.7 Å². The van der Waals surface area contributed by atoms with Crippen molar-refractivity contribution in [1.82, 2.24) is 4.90 Å². The first-order valence-electron chi connectivity index (χ1n) is 7.04. The molecule has 0 aliphatic carbocycles. The molecule has 0 amide bonds. The van der Waals surface area contributed by atoms with Gasteiger partial charge in [-0.15, -0.1) is 0 Å². The number of para-hydroxylation sites is 1. The van der Waals surface area contributed by atoms with Gasteiger partial charge in [-0.2, -0.15) is 0 Å². The van der Waals surface area contributed by atoms with Crippen LogP contribution in [0.25, 0.3) is 0 Å². The van der Waals surface area contributed by atoms with E-state index in [2.05, 4.69) is 35.5 Å². The van der Waals surface area contributed by atoms with Gasteiger partial charge in [0.2, 0.25) is 0 Å². The number of hydrogen-bond donors (Lipinski definition) is 1. The molecule has 0 saturated carbocycles. The number of nitrogens with zero attached hydrogens (tertiary/aromatic N) is 1. The number of rotatable bonds is 2.